The molecule has 0 amide bonds. The van der Waals surface area contributed by atoms with Crippen LogP contribution >= 0.6 is 0 Å². The minimum Gasteiger partial charge on any atom is -0.399 e. The number of aliphatic hydroxyl groups is 2. The molecule has 5 unspecified atom stereocenters. The Kier molecular flexibility index (Phi) is 18.0. The first kappa shape index (κ1) is 30.0. The summed E-state index contributed by atoms with van der Waals surface area (Å²) in [5.74, 6) is 5.56. The van der Waals surface area contributed by atoms with E-state index in [0.717, 1.165) is 13.0 Å². The average Bonchev–Trinajstić information content (AvgIpc) is 2.73. The molecule has 0 bridgehead atoms. The summed E-state index contributed by atoms with van der Waals surface area (Å²) in [6.07, 6.45) is 0.377. The zero-order valence-electron chi connectivity index (χ0n) is 19.9. The quantitative estimate of drug-likeness (QED) is 0.168. The van der Waals surface area contributed by atoms with E-state index in [1.165, 1.54) is 24.7 Å². The van der Waals surface area contributed by atoms with E-state index in [2.05, 4.69) is 20.8 Å². The van der Waals surface area contributed by atoms with Crippen LogP contribution in [-0.2, 0) is 23.7 Å². The van der Waals surface area contributed by atoms with Gasteiger partial charge in [0.15, 0.2) is 6.29 Å². The Morgan fingerprint density at radius 3 is 2.10 bits per heavy atom. The highest BCUT2D eigenvalue weighted by molar-refractivity contribution is 4.97. The van der Waals surface area contributed by atoms with Gasteiger partial charge in [-0.3, -0.25) is 0 Å². The molecule has 0 aromatic carbocycles. The van der Waals surface area contributed by atoms with E-state index in [9.17, 15) is 10.2 Å². The molecule has 1 aliphatic heterocycles. The van der Waals surface area contributed by atoms with Crippen LogP contribution in [0, 0.1) is 5.92 Å². The maximum Gasteiger partial charge on any atom is 0.162 e. The third-order valence-corrected chi connectivity index (χ3v) is 4.32. The summed E-state index contributed by atoms with van der Waals surface area (Å²) >= 11 is 0. The lowest BCUT2D eigenvalue weighted by molar-refractivity contribution is -0.270. The van der Waals surface area contributed by atoms with Crippen LogP contribution in [0.2, 0.25) is 0 Å². The fourth-order valence-electron chi connectivity index (χ4n) is 2.77. The summed E-state index contributed by atoms with van der Waals surface area (Å²) in [6, 6.07) is 0. The molecule has 186 valence electrons. The molecule has 1 fully saturated rings. The zero-order chi connectivity index (χ0) is 23.6. The molecule has 10 nitrogen and oxygen atoms in total. The van der Waals surface area contributed by atoms with Gasteiger partial charge in [0.1, 0.15) is 12.2 Å². The molecule has 1 rings (SSSR count). The molecule has 1 heterocycles. The number of hydrogen-bond acceptors (Lipinski definition) is 10. The van der Waals surface area contributed by atoms with E-state index in [4.69, 9.17) is 35.3 Å². The second kappa shape index (κ2) is 18.6. The van der Waals surface area contributed by atoms with Gasteiger partial charge in [0.25, 0.3) is 0 Å². The molecule has 31 heavy (non-hydrogen) atoms. The van der Waals surface area contributed by atoms with Crippen molar-refractivity contribution >= 4 is 0 Å². The van der Waals surface area contributed by atoms with Crippen molar-refractivity contribution in [3.63, 3.8) is 0 Å². The molecule has 0 aromatic rings. The van der Waals surface area contributed by atoms with Crippen LogP contribution < -0.4 is 11.6 Å². The SMILES string of the molecule is CCC.CCCOCCOCCOC/C(N)=C/N(N)CC1OC(OC)C(C)C(O)C1O. The minimum atomic E-state index is -1.07. The van der Waals surface area contributed by atoms with Gasteiger partial charge < -0.3 is 44.6 Å². The van der Waals surface area contributed by atoms with Crippen molar-refractivity contribution in [2.45, 2.75) is 65.1 Å². The highest BCUT2D eigenvalue weighted by Gasteiger charge is 2.42. The van der Waals surface area contributed by atoms with Crippen LogP contribution in [-0.4, -0.2) is 93.1 Å². The van der Waals surface area contributed by atoms with Gasteiger partial charge in [-0.25, -0.2) is 5.84 Å². The lowest BCUT2D eigenvalue weighted by Gasteiger charge is -2.41. The molecule has 0 saturated carbocycles. The second-order valence-electron chi connectivity index (χ2n) is 7.50. The standard InChI is InChI=1S/C18H37N3O7.C3H8/c1-4-5-25-6-7-26-8-9-27-12-14(19)10-21(20)11-15-17(23)16(22)13(2)18(24-3)28-15;1-3-2/h10,13,15-18,22-23H,4-9,11-12,19-20H2,1-3H3;3H2,1-2H3/b14-10-;. The first-order valence-electron chi connectivity index (χ1n) is 11.1. The summed E-state index contributed by atoms with van der Waals surface area (Å²) in [7, 11) is 1.49. The van der Waals surface area contributed by atoms with Crippen molar-refractivity contribution in [1.29, 1.82) is 0 Å². The molecule has 1 aliphatic rings. The van der Waals surface area contributed by atoms with Crippen LogP contribution in [0.4, 0.5) is 0 Å². The van der Waals surface area contributed by atoms with Crippen LogP contribution in [0.15, 0.2) is 11.9 Å². The summed E-state index contributed by atoms with van der Waals surface area (Å²) in [5.41, 5.74) is 6.30. The summed E-state index contributed by atoms with van der Waals surface area (Å²) in [6.45, 7) is 11.1. The molecule has 1 saturated heterocycles. The predicted octanol–water partition coefficient (Wildman–Crippen LogP) is 0.568. The van der Waals surface area contributed by atoms with Gasteiger partial charge in [-0.05, 0) is 6.42 Å². The third-order valence-electron chi connectivity index (χ3n) is 4.32. The maximum absolute atomic E-state index is 10.2. The van der Waals surface area contributed by atoms with Gasteiger partial charge in [0.2, 0.25) is 0 Å². The van der Waals surface area contributed by atoms with Crippen LogP contribution in [0.3, 0.4) is 0 Å². The normalized spacial score (nSPS) is 26.3. The molecule has 5 atom stereocenters. The number of aliphatic hydroxyl groups excluding tert-OH is 2. The van der Waals surface area contributed by atoms with E-state index < -0.39 is 24.6 Å². The van der Waals surface area contributed by atoms with Gasteiger partial charge in [0.05, 0.1) is 51.4 Å². The lowest BCUT2D eigenvalue weighted by Crippen LogP contribution is -2.57. The molecular weight excluding hydrogens is 406 g/mol. The minimum absolute atomic E-state index is 0.131. The number of rotatable bonds is 14. The van der Waals surface area contributed by atoms with Crippen LogP contribution in [0.1, 0.15) is 40.5 Å². The average molecular weight is 452 g/mol. The highest BCUT2D eigenvalue weighted by atomic mass is 16.7. The number of ether oxygens (including phenoxy) is 5. The largest absolute Gasteiger partial charge is 0.399 e. The van der Waals surface area contributed by atoms with E-state index in [1.807, 2.05) is 0 Å². The van der Waals surface area contributed by atoms with Gasteiger partial charge in [0, 0.05) is 25.8 Å². The number of hydrogen-bond donors (Lipinski definition) is 4. The Labute approximate surface area is 187 Å². The Balaban J connectivity index is 0.00000282. The first-order chi connectivity index (χ1) is 14.8. The van der Waals surface area contributed by atoms with E-state index in [-0.39, 0.29) is 19.1 Å². The van der Waals surface area contributed by atoms with Crippen molar-refractivity contribution < 1.29 is 33.9 Å². The highest BCUT2D eigenvalue weighted by Crippen LogP contribution is 2.26. The van der Waals surface area contributed by atoms with E-state index >= 15 is 0 Å². The monoisotopic (exact) mass is 451 g/mol. The number of nitrogens with zero attached hydrogens (tertiary/aromatic N) is 1. The van der Waals surface area contributed by atoms with Crippen molar-refractivity contribution in [3.05, 3.63) is 11.9 Å². The van der Waals surface area contributed by atoms with Crippen molar-refractivity contribution in [2.24, 2.45) is 17.5 Å². The number of nitrogens with two attached hydrogens (primary N) is 2. The summed E-state index contributed by atoms with van der Waals surface area (Å²) in [4.78, 5) is 0. The van der Waals surface area contributed by atoms with Crippen LogP contribution in [0.25, 0.3) is 0 Å². The van der Waals surface area contributed by atoms with Crippen molar-refractivity contribution in [1.82, 2.24) is 5.01 Å². The molecule has 0 aromatic heterocycles. The Hall–Kier alpha value is -0.980. The second-order valence-corrected chi connectivity index (χ2v) is 7.50. The van der Waals surface area contributed by atoms with Crippen molar-refractivity contribution in [3.8, 4) is 0 Å². The van der Waals surface area contributed by atoms with Crippen molar-refractivity contribution in [2.75, 3.05) is 53.3 Å². The molecule has 0 aliphatic carbocycles. The first-order valence-corrected chi connectivity index (χ1v) is 11.1. The zero-order valence-corrected chi connectivity index (χ0v) is 19.9. The lowest BCUT2D eigenvalue weighted by atomic mass is 9.92. The number of hydrazine groups is 1. The fraction of sp³-hybridized carbons (Fsp3) is 0.905. The summed E-state index contributed by atoms with van der Waals surface area (Å²) in [5, 5.41) is 21.6. The maximum atomic E-state index is 10.2. The smallest absolute Gasteiger partial charge is 0.162 e. The van der Waals surface area contributed by atoms with Gasteiger partial charge in [-0.15, -0.1) is 0 Å². The molecule has 6 N–H and O–H groups in total. The molecule has 0 spiro atoms. The van der Waals surface area contributed by atoms with Crippen LogP contribution in [0.5, 0.6) is 0 Å². The van der Waals surface area contributed by atoms with Gasteiger partial charge in [-0.2, -0.15) is 0 Å². The Morgan fingerprint density at radius 1 is 1.00 bits per heavy atom. The Bertz CT molecular complexity index is 455. The van der Waals surface area contributed by atoms with Gasteiger partial charge in [-0.1, -0.05) is 34.1 Å². The summed E-state index contributed by atoms with van der Waals surface area (Å²) < 4.78 is 26.9. The molecular formula is C21H45N3O7. The third kappa shape index (κ3) is 13.2. The Morgan fingerprint density at radius 2 is 1.55 bits per heavy atom. The molecule has 0 radical (unpaired) electrons. The van der Waals surface area contributed by atoms with E-state index in [1.54, 1.807) is 6.92 Å². The topological polar surface area (TPSA) is 142 Å². The van der Waals surface area contributed by atoms with Gasteiger partial charge >= 0.3 is 0 Å². The predicted molar refractivity (Wildman–Crippen MR) is 119 cm³/mol. The molecule has 10 heteroatoms. The fourth-order valence-corrected chi connectivity index (χ4v) is 2.77. The number of methoxy groups -OCH3 is 1. The van der Waals surface area contributed by atoms with E-state index in [0.29, 0.717) is 32.1 Å².